The van der Waals surface area contributed by atoms with Gasteiger partial charge in [-0.2, -0.15) is 0 Å². The lowest BCUT2D eigenvalue weighted by atomic mass is 10.3. The topological polar surface area (TPSA) is 66.0 Å². The normalized spacial score (nSPS) is 10.9. The molecule has 0 aliphatic heterocycles. The van der Waals surface area contributed by atoms with Gasteiger partial charge in [0.25, 0.3) is 0 Å². The SMILES string of the molecule is O=c1n(-c2ccc(Cl)cc2)c(=O)n(-c2ccc(Cl)cc2)c(=O)n1-c1ccc(Cl)cc1. The van der Waals surface area contributed by atoms with E-state index in [1.165, 1.54) is 36.4 Å². The molecule has 4 aromatic rings. The summed E-state index contributed by atoms with van der Waals surface area (Å²) in [6, 6.07) is 18.4. The molecule has 0 fully saturated rings. The Labute approximate surface area is 184 Å². The second-order valence-corrected chi connectivity index (χ2v) is 7.59. The van der Waals surface area contributed by atoms with Crippen molar-refractivity contribution in [3.05, 3.63) is 119 Å². The molecule has 0 bridgehead atoms. The van der Waals surface area contributed by atoms with Gasteiger partial charge in [0.15, 0.2) is 0 Å². The lowest BCUT2D eigenvalue weighted by molar-refractivity contribution is 0.659. The first kappa shape index (κ1) is 20.2. The molecule has 0 N–H and O–H groups in total. The van der Waals surface area contributed by atoms with Gasteiger partial charge in [0.05, 0.1) is 17.1 Å². The summed E-state index contributed by atoms with van der Waals surface area (Å²) >= 11 is 17.8. The molecule has 30 heavy (non-hydrogen) atoms. The third-order valence-corrected chi connectivity index (χ3v) is 5.16. The highest BCUT2D eigenvalue weighted by Gasteiger charge is 2.19. The average Bonchev–Trinajstić information content (AvgIpc) is 2.72. The van der Waals surface area contributed by atoms with Gasteiger partial charge in [-0.3, -0.25) is 0 Å². The van der Waals surface area contributed by atoms with E-state index < -0.39 is 17.1 Å². The Balaban J connectivity index is 2.13. The standard InChI is InChI=1S/C21H12Cl3N3O3/c22-13-1-7-16(8-2-13)25-19(28)26(17-9-3-14(23)4-10-17)21(30)27(20(25)29)18-11-5-15(24)6-12-18/h1-12H. The molecular weight excluding hydrogens is 449 g/mol. The molecule has 0 aliphatic rings. The van der Waals surface area contributed by atoms with Crippen molar-refractivity contribution in [3.63, 3.8) is 0 Å². The maximum Gasteiger partial charge on any atom is 0.345 e. The molecule has 0 amide bonds. The maximum atomic E-state index is 13.2. The molecule has 150 valence electrons. The molecule has 0 atom stereocenters. The number of aromatic nitrogens is 3. The molecule has 1 aromatic heterocycles. The zero-order chi connectivity index (χ0) is 21.4. The van der Waals surface area contributed by atoms with Gasteiger partial charge in [-0.25, -0.2) is 28.1 Å². The minimum atomic E-state index is -0.820. The van der Waals surface area contributed by atoms with E-state index in [2.05, 4.69) is 0 Å². The minimum absolute atomic E-state index is 0.264. The highest BCUT2D eigenvalue weighted by atomic mass is 35.5. The van der Waals surface area contributed by atoms with E-state index >= 15 is 0 Å². The third-order valence-electron chi connectivity index (χ3n) is 4.40. The molecule has 6 nitrogen and oxygen atoms in total. The average molecular weight is 461 g/mol. The van der Waals surface area contributed by atoms with Crippen LogP contribution in [-0.2, 0) is 0 Å². The zero-order valence-electron chi connectivity index (χ0n) is 15.1. The zero-order valence-corrected chi connectivity index (χ0v) is 17.4. The molecule has 4 rings (SSSR count). The van der Waals surface area contributed by atoms with Crippen LogP contribution in [-0.4, -0.2) is 13.7 Å². The summed E-state index contributed by atoms with van der Waals surface area (Å²) < 4.78 is 2.71. The van der Waals surface area contributed by atoms with Gasteiger partial charge in [0.2, 0.25) is 0 Å². The quantitative estimate of drug-likeness (QED) is 0.462. The molecular formula is C21H12Cl3N3O3. The molecule has 0 saturated carbocycles. The molecule has 9 heteroatoms. The largest absolute Gasteiger partial charge is 0.345 e. The van der Waals surface area contributed by atoms with E-state index in [1.54, 1.807) is 36.4 Å². The Kier molecular flexibility index (Phi) is 5.39. The van der Waals surface area contributed by atoms with E-state index in [-0.39, 0.29) is 17.1 Å². The minimum Gasteiger partial charge on any atom is -0.246 e. The first-order chi connectivity index (χ1) is 14.4. The molecule has 0 aliphatic carbocycles. The Morgan fingerprint density at radius 3 is 0.800 bits per heavy atom. The second kappa shape index (κ2) is 7.99. The summed E-state index contributed by atoms with van der Waals surface area (Å²) in [5.74, 6) is 0. The summed E-state index contributed by atoms with van der Waals surface area (Å²) in [5.41, 5.74) is -1.67. The lowest BCUT2D eigenvalue weighted by Gasteiger charge is -2.14. The Morgan fingerprint density at radius 1 is 0.400 bits per heavy atom. The number of nitrogens with zero attached hydrogens (tertiary/aromatic N) is 3. The molecule has 0 unspecified atom stereocenters. The van der Waals surface area contributed by atoms with Gasteiger partial charge in [-0.1, -0.05) is 34.8 Å². The van der Waals surface area contributed by atoms with Crippen molar-refractivity contribution in [2.24, 2.45) is 0 Å². The third kappa shape index (κ3) is 3.61. The van der Waals surface area contributed by atoms with Crippen LogP contribution >= 0.6 is 34.8 Å². The van der Waals surface area contributed by atoms with Gasteiger partial charge in [0, 0.05) is 15.1 Å². The highest BCUT2D eigenvalue weighted by Crippen LogP contribution is 2.14. The Morgan fingerprint density at radius 2 is 0.600 bits per heavy atom. The van der Waals surface area contributed by atoms with Gasteiger partial charge in [-0.05, 0) is 72.8 Å². The number of benzene rings is 3. The molecule has 0 radical (unpaired) electrons. The Hall–Kier alpha value is -3.06. The van der Waals surface area contributed by atoms with Crippen molar-refractivity contribution in [2.75, 3.05) is 0 Å². The van der Waals surface area contributed by atoms with Crippen molar-refractivity contribution in [2.45, 2.75) is 0 Å². The fraction of sp³-hybridized carbons (Fsp3) is 0. The van der Waals surface area contributed by atoms with Gasteiger partial charge in [-0.15, -0.1) is 0 Å². The highest BCUT2D eigenvalue weighted by molar-refractivity contribution is 6.31. The van der Waals surface area contributed by atoms with Crippen LogP contribution in [0.25, 0.3) is 17.1 Å². The summed E-state index contributed by atoms with van der Waals surface area (Å²) in [4.78, 5) is 39.7. The van der Waals surface area contributed by atoms with Crippen molar-refractivity contribution in [3.8, 4) is 17.1 Å². The van der Waals surface area contributed by atoms with E-state index in [0.29, 0.717) is 15.1 Å². The summed E-state index contributed by atoms with van der Waals surface area (Å²) in [5, 5.41) is 1.32. The summed E-state index contributed by atoms with van der Waals surface area (Å²) in [6.07, 6.45) is 0. The van der Waals surface area contributed by atoms with E-state index in [1.807, 2.05) is 0 Å². The first-order valence-electron chi connectivity index (χ1n) is 8.66. The van der Waals surface area contributed by atoms with Crippen LogP contribution in [0.1, 0.15) is 0 Å². The number of hydrogen-bond acceptors (Lipinski definition) is 3. The van der Waals surface area contributed by atoms with Gasteiger partial charge >= 0.3 is 17.1 Å². The van der Waals surface area contributed by atoms with E-state index in [9.17, 15) is 14.4 Å². The van der Waals surface area contributed by atoms with Crippen LogP contribution in [0.3, 0.4) is 0 Å². The van der Waals surface area contributed by atoms with Crippen molar-refractivity contribution in [1.82, 2.24) is 13.7 Å². The predicted molar refractivity (Wildman–Crippen MR) is 118 cm³/mol. The van der Waals surface area contributed by atoms with Crippen molar-refractivity contribution >= 4 is 34.8 Å². The first-order valence-corrected chi connectivity index (χ1v) is 9.79. The van der Waals surface area contributed by atoms with Crippen molar-refractivity contribution < 1.29 is 0 Å². The molecule has 0 saturated heterocycles. The van der Waals surface area contributed by atoms with Crippen LogP contribution in [0.15, 0.2) is 87.2 Å². The lowest BCUT2D eigenvalue weighted by Crippen LogP contribution is -2.52. The number of hydrogen-bond donors (Lipinski definition) is 0. The smallest absolute Gasteiger partial charge is 0.246 e. The molecule has 0 spiro atoms. The number of rotatable bonds is 3. The fourth-order valence-corrected chi connectivity index (χ4v) is 3.36. The molecule has 1 heterocycles. The van der Waals surface area contributed by atoms with E-state index in [0.717, 1.165) is 13.7 Å². The molecule has 3 aromatic carbocycles. The van der Waals surface area contributed by atoms with Crippen molar-refractivity contribution in [1.29, 1.82) is 0 Å². The number of halogens is 3. The Bertz CT molecular complexity index is 1200. The van der Waals surface area contributed by atoms with Crippen LogP contribution in [0.2, 0.25) is 15.1 Å². The summed E-state index contributed by atoms with van der Waals surface area (Å²) in [7, 11) is 0. The van der Waals surface area contributed by atoms with E-state index in [4.69, 9.17) is 34.8 Å². The van der Waals surface area contributed by atoms with Crippen LogP contribution in [0.5, 0.6) is 0 Å². The predicted octanol–water partition coefficient (Wildman–Crippen LogP) is 4.10. The summed E-state index contributed by atoms with van der Waals surface area (Å²) in [6.45, 7) is 0. The second-order valence-electron chi connectivity index (χ2n) is 6.28. The maximum absolute atomic E-state index is 13.2. The van der Waals surface area contributed by atoms with Gasteiger partial charge < -0.3 is 0 Å². The van der Waals surface area contributed by atoms with Crippen LogP contribution < -0.4 is 17.1 Å². The monoisotopic (exact) mass is 459 g/mol. The van der Waals surface area contributed by atoms with Crippen LogP contribution in [0.4, 0.5) is 0 Å². The fourth-order valence-electron chi connectivity index (χ4n) is 2.98. The van der Waals surface area contributed by atoms with Gasteiger partial charge in [0.1, 0.15) is 0 Å². The van der Waals surface area contributed by atoms with Crippen LogP contribution in [0, 0.1) is 0 Å².